The molecule has 2 fully saturated rings. The molecular weight excluding hydrogens is 158 g/mol. The van der Waals surface area contributed by atoms with Crippen LogP contribution in [0.3, 0.4) is 0 Å². The molecule has 0 unspecified atom stereocenters. The smallest absolute Gasteiger partial charge is 0.171 e. The molecule has 70 valence electrons. The van der Waals surface area contributed by atoms with Crippen molar-refractivity contribution in [2.24, 2.45) is 11.7 Å². The molecule has 2 rings (SSSR count). The van der Waals surface area contributed by atoms with E-state index in [0.717, 1.165) is 6.42 Å². The average Bonchev–Trinajstić information content (AvgIpc) is 2.51. The van der Waals surface area contributed by atoms with Gasteiger partial charge in [0.1, 0.15) is 12.2 Å². The lowest BCUT2D eigenvalue weighted by atomic mass is 9.95. The van der Waals surface area contributed by atoms with Gasteiger partial charge in [-0.15, -0.1) is 0 Å². The summed E-state index contributed by atoms with van der Waals surface area (Å²) in [6.45, 7) is 2.99. The third-order valence-electron chi connectivity index (χ3n) is 2.90. The molecule has 0 bridgehead atoms. The maximum atomic E-state index is 9.50. The predicted octanol–water partition coefficient (Wildman–Crippen LogP) is -0.542. The molecule has 4 heteroatoms. The first-order valence-corrected chi connectivity index (χ1v) is 4.41. The minimum atomic E-state index is -0.930. The van der Waals surface area contributed by atoms with Crippen LogP contribution in [-0.2, 0) is 9.47 Å². The third-order valence-corrected chi connectivity index (χ3v) is 2.90. The van der Waals surface area contributed by atoms with Crippen molar-refractivity contribution in [1.82, 2.24) is 0 Å². The summed E-state index contributed by atoms with van der Waals surface area (Å²) in [5.74, 6) is 0.340. The second kappa shape index (κ2) is 2.67. The Bertz CT molecular complexity index is 187. The zero-order chi connectivity index (χ0) is 8.77. The molecule has 0 spiro atoms. The molecule has 0 aromatic rings. The largest absolute Gasteiger partial charge is 0.386 e. The molecule has 3 N–H and O–H groups in total. The van der Waals surface area contributed by atoms with Gasteiger partial charge >= 0.3 is 0 Å². The van der Waals surface area contributed by atoms with Gasteiger partial charge in [-0.2, -0.15) is 0 Å². The molecule has 2 aliphatic rings. The van der Waals surface area contributed by atoms with Gasteiger partial charge in [-0.25, -0.2) is 0 Å². The Labute approximate surface area is 71.6 Å². The molecule has 0 aromatic heterocycles. The minimum absolute atomic E-state index is 0.113. The van der Waals surface area contributed by atoms with E-state index < -0.39 is 11.8 Å². The fourth-order valence-corrected chi connectivity index (χ4v) is 2.00. The molecule has 4 nitrogen and oxygen atoms in total. The lowest BCUT2D eigenvalue weighted by Gasteiger charge is -2.25. The predicted molar refractivity (Wildman–Crippen MR) is 42.4 cm³/mol. The molecular formula is C8H15NO3. The molecule has 2 saturated heterocycles. The molecule has 2 aliphatic heterocycles. The van der Waals surface area contributed by atoms with Crippen LogP contribution in [0, 0.1) is 5.92 Å². The van der Waals surface area contributed by atoms with Crippen molar-refractivity contribution in [2.75, 3.05) is 13.2 Å². The van der Waals surface area contributed by atoms with Crippen LogP contribution in [-0.4, -0.2) is 36.3 Å². The molecule has 0 aromatic carbocycles. The Morgan fingerprint density at radius 3 is 3.00 bits per heavy atom. The first-order valence-electron chi connectivity index (χ1n) is 4.41. The van der Waals surface area contributed by atoms with E-state index in [2.05, 4.69) is 6.92 Å². The lowest BCUT2D eigenvalue weighted by molar-refractivity contribution is -0.0715. The SMILES string of the molecule is CC[C@@H]1CO[C@]2(N)[C@H](O)CO[C@H]12. The highest BCUT2D eigenvalue weighted by Crippen LogP contribution is 2.37. The van der Waals surface area contributed by atoms with Crippen LogP contribution in [0.4, 0.5) is 0 Å². The molecule has 0 saturated carbocycles. The zero-order valence-electron chi connectivity index (χ0n) is 7.19. The van der Waals surface area contributed by atoms with Gasteiger partial charge in [-0.05, 0) is 6.42 Å². The van der Waals surface area contributed by atoms with Crippen molar-refractivity contribution in [2.45, 2.75) is 31.3 Å². The van der Waals surface area contributed by atoms with Crippen LogP contribution in [0.5, 0.6) is 0 Å². The van der Waals surface area contributed by atoms with Gasteiger partial charge in [0.25, 0.3) is 0 Å². The summed E-state index contributed by atoms with van der Waals surface area (Å²) in [6.07, 6.45) is 0.202. The summed E-state index contributed by atoms with van der Waals surface area (Å²) in [5.41, 5.74) is 4.95. The molecule has 4 atom stereocenters. The van der Waals surface area contributed by atoms with Gasteiger partial charge in [0.05, 0.1) is 13.2 Å². The van der Waals surface area contributed by atoms with Gasteiger partial charge in [-0.1, -0.05) is 6.92 Å². The molecule has 0 aliphatic carbocycles. The molecule has 0 radical (unpaired) electrons. The van der Waals surface area contributed by atoms with Gasteiger partial charge in [0, 0.05) is 5.92 Å². The quantitative estimate of drug-likeness (QED) is 0.559. The number of ether oxygens (including phenoxy) is 2. The summed E-state index contributed by atoms with van der Waals surface area (Å²) in [7, 11) is 0. The van der Waals surface area contributed by atoms with E-state index in [1.54, 1.807) is 0 Å². The highest BCUT2D eigenvalue weighted by Gasteiger charge is 2.56. The van der Waals surface area contributed by atoms with Crippen LogP contribution in [0.25, 0.3) is 0 Å². The molecule has 2 heterocycles. The van der Waals surface area contributed by atoms with Crippen molar-refractivity contribution < 1.29 is 14.6 Å². The first-order chi connectivity index (χ1) is 5.68. The van der Waals surface area contributed by atoms with Gasteiger partial charge in [0.2, 0.25) is 0 Å². The fraction of sp³-hybridized carbons (Fsp3) is 1.00. The Morgan fingerprint density at radius 2 is 2.33 bits per heavy atom. The number of aliphatic hydroxyl groups is 1. The van der Waals surface area contributed by atoms with Crippen molar-refractivity contribution in [1.29, 1.82) is 0 Å². The number of hydrogen-bond acceptors (Lipinski definition) is 4. The summed E-state index contributed by atoms with van der Waals surface area (Å²) in [6, 6.07) is 0. The standard InChI is InChI=1S/C8H15NO3/c1-2-5-3-12-8(9)6(10)4-11-7(5)8/h5-7,10H,2-4,9H2,1H3/t5-,6-,7-,8-/m1/s1. The number of hydrogen-bond donors (Lipinski definition) is 2. The normalized spacial score (nSPS) is 52.8. The van der Waals surface area contributed by atoms with Crippen LogP contribution in [0.1, 0.15) is 13.3 Å². The number of nitrogens with two attached hydrogens (primary N) is 1. The van der Waals surface area contributed by atoms with Crippen LogP contribution in [0.15, 0.2) is 0 Å². The first kappa shape index (κ1) is 8.44. The highest BCUT2D eigenvalue weighted by atomic mass is 16.6. The summed E-state index contributed by atoms with van der Waals surface area (Å²) in [5, 5.41) is 9.50. The average molecular weight is 173 g/mol. The maximum absolute atomic E-state index is 9.50. The Balaban J connectivity index is 2.17. The second-order valence-electron chi connectivity index (χ2n) is 3.60. The topological polar surface area (TPSA) is 64.7 Å². The monoisotopic (exact) mass is 173 g/mol. The van der Waals surface area contributed by atoms with Crippen molar-refractivity contribution in [3.05, 3.63) is 0 Å². The van der Waals surface area contributed by atoms with Crippen molar-refractivity contribution >= 4 is 0 Å². The van der Waals surface area contributed by atoms with Crippen molar-refractivity contribution in [3.8, 4) is 0 Å². The van der Waals surface area contributed by atoms with E-state index in [0.29, 0.717) is 19.1 Å². The van der Waals surface area contributed by atoms with Gasteiger partial charge in [-0.3, -0.25) is 5.73 Å². The van der Waals surface area contributed by atoms with E-state index >= 15 is 0 Å². The van der Waals surface area contributed by atoms with Crippen molar-refractivity contribution in [3.63, 3.8) is 0 Å². The van der Waals surface area contributed by atoms with E-state index in [4.69, 9.17) is 15.2 Å². The van der Waals surface area contributed by atoms with Crippen LogP contribution in [0.2, 0.25) is 0 Å². The van der Waals surface area contributed by atoms with Crippen LogP contribution >= 0.6 is 0 Å². The van der Waals surface area contributed by atoms with E-state index in [1.165, 1.54) is 0 Å². The molecule has 12 heavy (non-hydrogen) atoms. The number of fused-ring (bicyclic) bond motifs is 1. The minimum Gasteiger partial charge on any atom is -0.386 e. The number of rotatable bonds is 1. The summed E-state index contributed by atoms with van der Waals surface area (Å²) >= 11 is 0. The Kier molecular flexibility index (Phi) is 1.88. The van der Waals surface area contributed by atoms with Gasteiger partial charge in [0.15, 0.2) is 5.72 Å². The third kappa shape index (κ3) is 0.925. The van der Waals surface area contributed by atoms with Crippen LogP contribution < -0.4 is 5.73 Å². The second-order valence-corrected chi connectivity index (χ2v) is 3.60. The maximum Gasteiger partial charge on any atom is 0.171 e. The molecule has 0 amide bonds. The summed E-state index contributed by atoms with van der Waals surface area (Å²) in [4.78, 5) is 0. The Hall–Kier alpha value is -0.160. The van der Waals surface area contributed by atoms with E-state index in [9.17, 15) is 5.11 Å². The number of aliphatic hydroxyl groups excluding tert-OH is 1. The fourth-order valence-electron chi connectivity index (χ4n) is 2.00. The van der Waals surface area contributed by atoms with E-state index in [-0.39, 0.29) is 6.10 Å². The van der Waals surface area contributed by atoms with E-state index in [1.807, 2.05) is 0 Å². The Morgan fingerprint density at radius 1 is 1.58 bits per heavy atom. The summed E-state index contributed by atoms with van der Waals surface area (Å²) < 4.78 is 10.8. The zero-order valence-corrected chi connectivity index (χ0v) is 7.19. The van der Waals surface area contributed by atoms with Gasteiger partial charge < -0.3 is 14.6 Å². The highest BCUT2D eigenvalue weighted by molar-refractivity contribution is 5.02. The lowest BCUT2D eigenvalue weighted by Crippen LogP contribution is -2.54.